The lowest BCUT2D eigenvalue weighted by atomic mass is 9.69. The Morgan fingerprint density at radius 1 is 1.29 bits per heavy atom. The summed E-state index contributed by atoms with van der Waals surface area (Å²) in [5.74, 6) is 1.52. The summed E-state index contributed by atoms with van der Waals surface area (Å²) in [6.45, 7) is 7.13. The maximum Gasteiger partial charge on any atom is 0.328 e. The number of carbonyl (C=O) groups is 2. The predicted molar refractivity (Wildman–Crippen MR) is 81.6 cm³/mol. The number of cyclic esters (lactones) is 1. The summed E-state index contributed by atoms with van der Waals surface area (Å²) in [5, 5.41) is 0. The number of hydrogen-bond donors (Lipinski definition) is 0. The molecule has 0 aromatic carbocycles. The van der Waals surface area contributed by atoms with Gasteiger partial charge in [-0.25, -0.2) is 4.79 Å². The average molecular weight is 295 g/mol. The van der Waals surface area contributed by atoms with Gasteiger partial charge in [-0.3, -0.25) is 4.79 Å². The SMILES string of the molecule is CC(C)[C@@H]1CC[C@@H](C)C[C@H]1C(=O)N(C)[C@H]1CCCOC1=O. The van der Waals surface area contributed by atoms with E-state index < -0.39 is 0 Å². The van der Waals surface area contributed by atoms with Gasteiger partial charge in [0.05, 0.1) is 6.61 Å². The highest BCUT2D eigenvalue weighted by Gasteiger charge is 2.40. The zero-order valence-corrected chi connectivity index (χ0v) is 13.8. The van der Waals surface area contributed by atoms with Crippen LogP contribution in [0.1, 0.15) is 52.9 Å². The largest absolute Gasteiger partial charge is 0.464 e. The maximum atomic E-state index is 12.9. The van der Waals surface area contributed by atoms with Crippen LogP contribution in [0.4, 0.5) is 0 Å². The van der Waals surface area contributed by atoms with E-state index in [1.807, 2.05) is 0 Å². The zero-order valence-electron chi connectivity index (χ0n) is 13.8. The van der Waals surface area contributed by atoms with Crippen molar-refractivity contribution in [3.05, 3.63) is 0 Å². The van der Waals surface area contributed by atoms with Crippen LogP contribution >= 0.6 is 0 Å². The van der Waals surface area contributed by atoms with Crippen molar-refractivity contribution in [2.24, 2.45) is 23.7 Å². The normalized spacial score (nSPS) is 33.7. The summed E-state index contributed by atoms with van der Waals surface area (Å²) >= 11 is 0. The van der Waals surface area contributed by atoms with E-state index in [0.29, 0.717) is 24.4 Å². The number of esters is 1. The van der Waals surface area contributed by atoms with Crippen LogP contribution in [0, 0.1) is 23.7 Å². The number of rotatable bonds is 3. The molecule has 0 radical (unpaired) electrons. The third-order valence-electron chi connectivity index (χ3n) is 5.29. The minimum absolute atomic E-state index is 0.0634. The first-order chi connectivity index (χ1) is 9.91. The van der Waals surface area contributed by atoms with E-state index in [9.17, 15) is 9.59 Å². The molecule has 0 bridgehead atoms. The van der Waals surface area contributed by atoms with Gasteiger partial charge in [-0.1, -0.05) is 27.2 Å². The number of amides is 1. The van der Waals surface area contributed by atoms with Gasteiger partial charge < -0.3 is 9.64 Å². The molecule has 21 heavy (non-hydrogen) atoms. The van der Waals surface area contributed by atoms with Crippen molar-refractivity contribution in [2.75, 3.05) is 13.7 Å². The second-order valence-electron chi connectivity index (χ2n) is 7.21. The summed E-state index contributed by atoms with van der Waals surface area (Å²) in [6.07, 6.45) is 4.87. The molecule has 4 nitrogen and oxygen atoms in total. The Morgan fingerprint density at radius 2 is 2.00 bits per heavy atom. The molecule has 120 valence electrons. The summed E-state index contributed by atoms with van der Waals surface area (Å²) in [4.78, 5) is 26.5. The monoisotopic (exact) mass is 295 g/mol. The van der Waals surface area contributed by atoms with Crippen LogP contribution in [0.25, 0.3) is 0 Å². The molecule has 0 aromatic heterocycles. The predicted octanol–water partition coefficient (Wildman–Crippen LogP) is 2.86. The fourth-order valence-corrected chi connectivity index (χ4v) is 3.92. The summed E-state index contributed by atoms with van der Waals surface area (Å²) in [7, 11) is 1.77. The summed E-state index contributed by atoms with van der Waals surface area (Å²) in [5.41, 5.74) is 0. The zero-order chi connectivity index (χ0) is 15.6. The first kappa shape index (κ1) is 16.3. The lowest BCUT2D eigenvalue weighted by Crippen LogP contribution is -2.50. The van der Waals surface area contributed by atoms with E-state index in [0.717, 1.165) is 25.7 Å². The Kier molecular flexibility index (Phi) is 5.28. The van der Waals surface area contributed by atoms with Gasteiger partial charge in [0.2, 0.25) is 5.91 Å². The Hall–Kier alpha value is -1.06. The van der Waals surface area contributed by atoms with Crippen molar-refractivity contribution < 1.29 is 14.3 Å². The minimum Gasteiger partial charge on any atom is -0.464 e. The Balaban J connectivity index is 2.09. The number of ether oxygens (including phenoxy) is 1. The molecule has 2 rings (SSSR count). The van der Waals surface area contributed by atoms with Crippen molar-refractivity contribution in [1.29, 1.82) is 0 Å². The fourth-order valence-electron chi connectivity index (χ4n) is 3.92. The first-order valence-corrected chi connectivity index (χ1v) is 8.35. The molecule has 1 heterocycles. The quantitative estimate of drug-likeness (QED) is 0.752. The molecule has 1 aliphatic heterocycles. The van der Waals surface area contributed by atoms with Gasteiger partial charge in [-0.15, -0.1) is 0 Å². The van der Waals surface area contributed by atoms with E-state index in [2.05, 4.69) is 20.8 Å². The van der Waals surface area contributed by atoms with Crippen LogP contribution in [0.15, 0.2) is 0 Å². The van der Waals surface area contributed by atoms with Crippen LogP contribution in [-0.4, -0.2) is 36.5 Å². The van der Waals surface area contributed by atoms with Crippen LogP contribution in [0.2, 0.25) is 0 Å². The molecular formula is C17H29NO3. The summed E-state index contributed by atoms with van der Waals surface area (Å²) in [6, 6.07) is -0.378. The van der Waals surface area contributed by atoms with Crippen LogP contribution in [0.3, 0.4) is 0 Å². The lowest BCUT2D eigenvalue weighted by molar-refractivity contribution is -0.161. The van der Waals surface area contributed by atoms with Crippen molar-refractivity contribution in [3.8, 4) is 0 Å². The minimum atomic E-state index is -0.378. The highest BCUT2D eigenvalue weighted by Crippen LogP contribution is 2.39. The van der Waals surface area contributed by atoms with Gasteiger partial charge in [0, 0.05) is 13.0 Å². The maximum absolute atomic E-state index is 12.9. The molecular weight excluding hydrogens is 266 g/mol. The molecule has 2 fully saturated rings. The lowest BCUT2D eigenvalue weighted by Gasteiger charge is -2.40. The Bertz CT molecular complexity index is 393. The van der Waals surface area contributed by atoms with E-state index >= 15 is 0 Å². The van der Waals surface area contributed by atoms with E-state index in [1.165, 1.54) is 6.42 Å². The number of likely N-dealkylation sites (N-methyl/N-ethyl adjacent to an activating group) is 1. The van der Waals surface area contributed by atoms with Crippen molar-refractivity contribution >= 4 is 11.9 Å². The molecule has 0 aromatic rings. The standard InChI is InChI=1S/C17H29NO3/c1-11(2)13-8-7-12(3)10-14(13)16(19)18(4)15-6-5-9-21-17(15)20/h11-15H,5-10H2,1-4H3/t12-,13+,14-,15+/m1/s1. The Labute approximate surface area is 128 Å². The molecule has 4 heteroatoms. The Morgan fingerprint density at radius 3 is 2.62 bits per heavy atom. The third kappa shape index (κ3) is 3.58. The third-order valence-corrected chi connectivity index (χ3v) is 5.29. The van der Waals surface area contributed by atoms with Crippen LogP contribution < -0.4 is 0 Å². The molecule has 0 unspecified atom stereocenters. The van der Waals surface area contributed by atoms with Crippen molar-refractivity contribution in [1.82, 2.24) is 4.90 Å². The van der Waals surface area contributed by atoms with E-state index in [4.69, 9.17) is 4.74 Å². The van der Waals surface area contributed by atoms with Crippen molar-refractivity contribution in [3.63, 3.8) is 0 Å². The second kappa shape index (κ2) is 6.80. The molecule has 1 saturated heterocycles. The molecule has 1 saturated carbocycles. The van der Waals surface area contributed by atoms with Crippen LogP contribution in [0.5, 0.6) is 0 Å². The number of nitrogens with zero attached hydrogens (tertiary/aromatic N) is 1. The number of carbonyl (C=O) groups excluding carboxylic acids is 2. The first-order valence-electron chi connectivity index (χ1n) is 8.35. The van der Waals surface area contributed by atoms with Gasteiger partial charge in [0.25, 0.3) is 0 Å². The average Bonchev–Trinajstić information content (AvgIpc) is 2.45. The number of hydrogen-bond acceptors (Lipinski definition) is 3. The van der Waals surface area contributed by atoms with E-state index in [-0.39, 0.29) is 23.8 Å². The van der Waals surface area contributed by atoms with Gasteiger partial charge in [-0.2, -0.15) is 0 Å². The summed E-state index contributed by atoms with van der Waals surface area (Å²) < 4.78 is 5.11. The van der Waals surface area contributed by atoms with Gasteiger partial charge in [-0.05, 0) is 43.4 Å². The van der Waals surface area contributed by atoms with Gasteiger partial charge in [0.15, 0.2) is 0 Å². The molecule has 2 aliphatic rings. The molecule has 0 spiro atoms. The topological polar surface area (TPSA) is 46.6 Å². The van der Waals surface area contributed by atoms with Crippen molar-refractivity contribution in [2.45, 2.75) is 58.9 Å². The van der Waals surface area contributed by atoms with E-state index in [1.54, 1.807) is 11.9 Å². The smallest absolute Gasteiger partial charge is 0.328 e. The molecule has 1 aliphatic carbocycles. The highest BCUT2D eigenvalue weighted by molar-refractivity contribution is 5.86. The molecule has 4 atom stereocenters. The fraction of sp³-hybridized carbons (Fsp3) is 0.882. The van der Waals surface area contributed by atoms with Crippen LogP contribution in [-0.2, 0) is 14.3 Å². The highest BCUT2D eigenvalue weighted by atomic mass is 16.5. The molecule has 1 amide bonds. The molecule has 0 N–H and O–H groups in total. The van der Waals surface area contributed by atoms with Gasteiger partial charge in [0.1, 0.15) is 6.04 Å². The van der Waals surface area contributed by atoms with Gasteiger partial charge >= 0.3 is 5.97 Å². The second-order valence-corrected chi connectivity index (χ2v) is 7.21.